The summed E-state index contributed by atoms with van der Waals surface area (Å²) < 4.78 is 0. The highest BCUT2D eigenvalue weighted by Crippen LogP contribution is 2.48. The van der Waals surface area contributed by atoms with E-state index >= 15 is 0 Å². The van der Waals surface area contributed by atoms with Crippen LogP contribution in [0.15, 0.2) is 5.10 Å². The molecule has 0 aromatic heterocycles. The van der Waals surface area contributed by atoms with E-state index < -0.39 is 0 Å². The molecule has 0 unspecified atom stereocenters. The summed E-state index contributed by atoms with van der Waals surface area (Å²) in [6, 6.07) is 0. The molecule has 2 aliphatic carbocycles. The first-order chi connectivity index (χ1) is 8.60. The molecule has 19 heavy (non-hydrogen) atoms. The largest absolute Gasteiger partial charge is 0.393 e. The van der Waals surface area contributed by atoms with Gasteiger partial charge in [-0.05, 0) is 62.7 Å². The van der Waals surface area contributed by atoms with Gasteiger partial charge >= 0.3 is 0 Å². The number of hydrazone groups is 1. The standard InChI is InChI=1S/C13H24N4O.ClH/c14-12(15)17-16-9-10-1-5-13(6-2-10)7-3-11(18)4-8-13;/h9-11,18H,1-8H2,(H4,14,15,17);1H/b16-9+;. The predicted octanol–water partition coefficient (Wildman–Crippen LogP) is 1.99. The molecule has 0 radical (unpaired) electrons. The second kappa shape index (κ2) is 7.10. The Kier molecular flexibility index (Phi) is 6.07. The molecule has 2 fully saturated rings. The quantitative estimate of drug-likeness (QED) is 0.355. The van der Waals surface area contributed by atoms with Crippen LogP contribution in [0.2, 0.25) is 0 Å². The van der Waals surface area contributed by atoms with Crippen molar-refractivity contribution in [3.8, 4) is 0 Å². The van der Waals surface area contributed by atoms with Gasteiger partial charge in [0.15, 0.2) is 0 Å². The van der Waals surface area contributed by atoms with Gasteiger partial charge in [0.1, 0.15) is 0 Å². The molecule has 1 spiro atoms. The lowest BCUT2D eigenvalue weighted by Crippen LogP contribution is -2.34. The molecule has 0 aromatic rings. The highest BCUT2D eigenvalue weighted by atomic mass is 35.5. The van der Waals surface area contributed by atoms with Crippen molar-refractivity contribution in [2.24, 2.45) is 22.2 Å². The molecule has 6 heteroatoms. The van der Waals surface area contributed by atoms with Gasteiger partial charge in [-0.3, -0.25) is 5.41 Å². The maximum atomic E-state index is 9.58. The van der Waals surface area contributed by atoms with Crippen molar-refractivity contribution in [2.75, 3.05) is 0 Å². The Bertz CT molecular complexity index is 317. The number of nitrogens with one attached hydrogen (secondary N) is 2. The van der Waals surface area contributed by atoms with Crippen LogP contribution in [-0.4, -0.2) is 23.4 Å². The lowest BCUT2D eigenvalue weighted by atomic mass is 9.63. The zero-order chi connectivity index (χ0) is 13.0. The Morgan fingerprint density at radius 2 is 1.74 bits per heavy atom. The van der Waals surface area contributed by atoms with Gasteiger partial charge in [-0.1, -0.05) is 0 Å². The van der Waals surface area contributed by atoms with E-state index in [1.807, 2.05) is 6.21 Å². The van der Waals surface area contributed by atoms with Crippen LogP contribution in [0.4, 0.5) is 0 Å². The topological polar surface area (TPSA) is 94.5 Å². The van der Waals surface area contributed by atoms with E-state index in [2.05, 4.69) is 10.5 Å². The fraction of sp³-hybridized carbons (Fsp3) is 0.846. The number of guanidine groups is 1. The molecule has 110 valence electrons. The van der Waals surface area contributed by atoms with E-state index in [-0.39, 0.29) is 24.5 Å². The number of aliphatic hydroxyl groups is 1. The second-order valence-corrected chi connectivity index (χ2v) is 5.87. The molecule has 0 aliphatic heterocycles. The minimum Gasteiger partial charge on any atom is -0.393 e. The van der Waals surface area contributed by atoms with Crippen LogP contribution < -0.4 is 11.2 Å². The van der Waals surface area contributed by atoms with Crippen LogP contribution in [0, 0.1) is 16.7 Å². The van der Waals surface area contributed by atoms with Gasteiger partial charge in [0.25, 0.3) is 0 Å². The van der Waals surface area contributed by atoms with Crippen LogP contribution in [0.5, 0.6) is 0 Å². The summed E-state index contributed by atoms with van der Waals surface area (Å²) in [5.41, 5.74) is 8.13. The molecular weight excluding hydrogens is 264 g/mol. The number of nitrogens with zero attached hydrogens (tertiary/aromatic N) is 1. The summed E-state index contributed by atoms with van der Waals surface area (Å²) in [5, 5.41) is 20.6. The van der Waals surface area contributed by atoms with Gasteiger partial charge in [-0.2, -0.15) is 5.10 Å². The van der Waals surface area contributed by atoms with Crippen molar-refractivity contribution < 1.29 is 5.11 Å². The van der Waals surface area contributed by atoms with Crippen LogP contribution >= 0.6 is 12.4 Å². The fourth-order valence-corrected chi connectivity index (χ4v) is 3.33. The van der Waals surface area contributed by atoms with Gasteiger partial charge in [0.2, 0.25) is 5.96 Å². The molecule has 0 heterocycles. The van der Waals surface area contributed by atoms with Gasteiger partial charge < -0.3 is 10.8 Å². The smallest absolute Gasteiger partial charge is 0.206 e. The van der Waals surface area contributed by atoms with Gasteiger partial charge in [0, 0.05) is 6.21 Å². The summed E-state index contributed by atoms with van der Waals surface area (Å²) in [6.45, 7) is 0. The number of aliphatic hydroxyl groups excluding tert-OH is 1. The third-order valence-electron chi connectivity index (χ3n) is 4.58. The molecule has 5 nitrogen and oxygen atoms in total. The Morgan fingerprint density at radius 1 is 1.21 bits per heavy atom. The SMILES string of the molecule is Cl.N=C(N)N/N=C/C1CCC2(CCC(O)CC2)CC1. The summed E-state index contributed by atoms with van der Waals surface area (Å²) in [7, 11) is 0. The Labute approximate surface area is 120 Å². The highest BCUT2D eigenvalue weighted by molar-refractivity contribution is 5.85. The zero-order valence-electron chi connectivity index (χ0n) is 11.3. The summed E-state index contributed by atoms with van der Waals surface area (Å²) >= 11 is 0. The molecule has 2 saturated carbocycles. The zero-order valence-corrected chi connectivity index (χ0v) is 12.1. The first kappa shape index (κ1) is 16.2. The van der Waals surface area contributed by atoms with E-state index in [0.29, 0.717) is 11.3 Å². The average molecular weight is 289 g/mol. The first-order valence-corrected chi connectivity index (χ1v) is 6.91. The van der Waals surface area contributed by atoms with E-state index in [9.17, 15) is 5.11 Å². The van der Waals surface area contributed by atoms with E-state index in [0.717, 1.165) is 12.8 Å². The Hall–Kier alpha value is -0.810. The van der Waals surface area contributed by atoms with E-state index in [4.69, 9.17) is 11.1 Å². The third-order valence-corrected chi connectivity index (χ3v) is 4.58. The number of nitrogens with two attached hydrogens (primary N) is 1. The van der Waals surface area contributed by atoms with Crippen LogP contribution in [0.3, 0.4) is 0 Å². The minimum absolute atomic E-state index is 0. The number of rotatable bonds is 2. The number of hydrogen-bond donors (Lipinski definition) is 4. The lowest BCUT2D eigenvalue weighted by molar-refractivity contribution is 0.0353. The highest BCUT2D eigenvalue weighted by Gasteiger charge is 2.37. The molecule has 0 saturated heterocycles. The van der Waals surface area contributed by atoms with Crippen molar-refractivity contribution in [3.05, 3.63) is 0 Å². The third kappa shape index (κ3) is 4.66. The van der Waals surface area contributed by atoms with Crippen molar-refractivity contribution >= 4 is 24.6 Å². The molecule has 0 atom stereocenters. The van der Waals surface area contributed by atoms with Crippen LogP contribution in [-0.2, 0) is 0 Å². The predicted molar refractivity (Wildman–Crippen MR) is 79.7 cm³/mol. The Morgan fingerprint density at radius 3 is 2.26 bits per heavy atom. The molecule has 5 N–H and O–H groups in total. The van der Waals surface area contributed by atoms with Gasteiger partial charge in [-0.25, -0.2) is 5.43 Å². The molecule has 2 aliphatic rings. The van der Waals surface area contributed by atoms with E-state index in [1.54, 1.807) is 0 Å². The van der Waals surface area contributed by atoms with Crippen molar-refractivity contribution in [1.82, 2.24) is 5.43 Å². The van der Waals surface area contributed by atoms with Crippen LogP contribution in [0.1, 0.15) is 51.4 Å². The Balaban J connectivity index is 0.00000180. The fourth-order valence-electron chi connectivity index (χ4n) is 3.33. The molecule has 0 aromatic carbocycles. The van der Waals surface area contributed by atoms with Gasteiger partial charge in [0.05, 0.1) is 6.10 Å². The van der Waals surface area contributed by atoms with Crippen LogP contribution in [0.25, 0.3) is 0 Å². The molecular formula is C13H25ClN4O. The monoisotopic (exact) mass is 288 g/mol. The molecule has 0 bridgehead atoms. The van der Waals surface area contributed by atoms with E-state index in [1.165, 1.54) is 38.5 Å². The summed E-state index contributed by atoms with van der Waals surface area (Å²) in [6.07, 6.45) is 11.0. The average Bonchev–Trinajstić information content (AvgIpc) is 2.35. The van der Waals surface area contributed by atoms with Crippen molar-refractivity contribution in [2.45, 2.75) is 57.5 Å². The second-order valence-electron chi connectivity index (χ2n) is 5.87. The maximum absolute atomic E-state index is 9.58. The number of hydrogen-bond acceptors (Lipinski definition) is 3. The normalized spacial score (nSPS) is 35.0. The molecule has 0 amide bonds. The maximum Gasteiger partial charge on any atom is 0.206 e. The summed E-state index contributed by atoms with van der Waals surface area (Å²) in [5.74, 6) is 0.397. The molecule has 2 rings (SSSR count). The summed E-state index contributed by atoms with van der Waals surface area (Å²) in [4.78, 5) is 0. The number of halogens is 1. The lowest BCUT2D eigenvalue weighted by Gasteiger charge is -2.43. The van der Waals surface area contributed by atoms with Gasteiger partial charge in [-0.15, -0.1) is 12.4 Å². The first-order valence-electron chi connectivity index (χ1n) is 6.91. The van der Waals surface area contributed by atoms with Crippen molar-refractivity contribution in [3.63, 3.8) is 0 Å². The van der Waals surface area contributed by atoms with Crippen molar-refractivity contribution in [1.29, 1.82) is 5.41 Å². The minimum atomic E-state index is -0.111.